The summed E-state index contributed by atoms with van der Waals surface area (Å²) < 4.78 is 12.2. The number of nitrogens with one attached hydrogen (secondary N) is 1. The number of methoxy groups -OCH3 is 1. The highest BCUT2D eigenvalue weighted by Gasteiger charge is 2.16. The first kappa shape index (κ1) is 17.3. The number of benzene rings is 1. The minimum absolute atomic E-state index is 0.151. The Balaban J connectivity index is 2.65. The molecule has 0 aromatic heterocycles. The van der Waals surface area contributed by atoms with Gasteiger partial charge < -0.3 is 14.8 Å². The van der Waals surface area contributed by atoms with Crippen LogP contribution in [0.15, 0.2) is 22.7 Å². The lowest BCUT2D eigenvalue weighted by molar-refractivity contribution is 0.147. The van der Waals surface area contributed by atoms with Gasteiger partial charge in [0.05, 0.1) is 11.6 Å². The van der Waals surface area contributed by atoms with Crippen molar-refractivity contribution in [1.29, 1.82) is 0 Å². The van der Waals surface area contributed by atoms with Gasteiger partial charge in [-0.3, -0.25) is 0 Å². The molecule has 4 heteroatoms. The molecular weight excluding hydrogens is 318 g/mol. The lowest BCUT2D eigenvalue weighted by atomic mass is 10.1. The quantitative estimate of drug-likeness (QED) is 0.770. The molecule has 0 radical (unpaired) electrons. The van der Waals surface area contributed by atoms with Crippen molar-refractivity contribution in [2.24, 2.45) is 11.8 Å². The lowest BCUT2D eigenvalue weighted by Crippen LogP contribution is -2.37. The molecule has 1 rings (SSSR count). The van der Waals surface area contributed by atoms with E-state index in [1.54, 1.807) is 7.11 Å². The maximum absolute atomic E-state index is 6.12. The van der Waals surface area contributed by atoms with Crippen molar-refractivity contribution < 1.29 is 9.47 Å². The third-order valence-corrected chi connectivity index (χ3v) is 3.68. The molecule has 1 aromatic rings. The summed E-state index contributed by atoms with van der Waals surface area (Å²) in [4.78, 5) is 0. The molecule has 0 saturated heterocycles. The van der Waals surface area contributed by atoms with Gasteiger partial charge in [0, 0.05) is 6.54 Å². The Labute approximate surface area is 131 Å². The Bertz CT molecular complexity index is 407. The van der Waals surface area contributed by atoms with Gasteiger partial charge in [-0.25, -0.2) is 0 Å². The van der Waals surface area contributed by atoms with E-state index < -0.39 is 0 Å². The van der Waals surface area contributed by atoms with E-state index in [-0.39, 0.29) is 6.10 Å². The van der Waals surface area contributed by atoms with Crippen LogP contribution < -0.4 is 14.8 Å². The average molecular weight is 344 g/mol. The van der Waals surface area contributed by atoms with Crippen molar-refractivity contribution in [2.75, 3.05) is 20.2 Å². The molecule has 1 aromatic carbocycles. The van der Waals surface area contributed by atoms with E-state index in [1.807, 2.05) is 18.2 Å². The normalized spacial score (nSPS) is 12.8. The molecule has 0 amide bonds. The highest BCUT2D eigenvalue weighted by Crippen LogP contribution is 2.30. The van der Waals surface area contributed by atoms with Crippen LogP contribution in [0.3, 0.4) is 0 Å². The molecule has 0 saturated carbocycles. The maximum Gasteiger partial charge on any atom is 0.134 e. The standard InChI is InChI=1S/C16H26BrNO2/c1-11(2)9-18-10-16(12(3)4)20-15-7-6-13(19-5)8-14(15)17/h6-8,11-12,16,18H,9-10H2,1-5H3. The van der Waals surface area contributed by atoms with Gasteiger partial charge in [-0.1, -0.05) is 27.7 Å². The molecule has 20 heavy (non-hydrogen) atoms. The number of hydrogen-bond acceptors (Lipinski definition) is 3. The van der Waals surface area contributed by atoms with Gasteiger partial charge in [-0.2, -0.15) is 0 Å². The van der Waals surface area contributed by atoms with E-state index in [9.17, 15) is 0 Å². The summed E-state index contributed by atoms with van der Waals surface area (Å²) in [6, 6.07) is 5.79. The van der Waals surface area contributed by atoms with E-state index in [0.29, 0.717) is 11.8 Å². The Morgan fingerprint density at radius 3 is 2.35 bits per heavy atom. The first-order valence-electron chi connectivity index (χ1n) is 7.15. The van der Waals surface area contributed by atoms with Crippen LogP contribution in [0, 0.1) is 11.8 Å². The zero-order valence-electron chi connectivity index (χ0n) is 13.1. The number of rotatable bonds is 8. The first-order chi connectivity index (χ1) is 9.43. The zero-order valence-corrected chi connectivity index (χ0v) is 14.7. The number of halogens is 1. The van der Waals surface area contributed by atoms with Crippen molar-refractivity contribution in [3.05, 3.63) is 22.7 Å². The smallest absolute Gasteiger partial charge is 0.134 e. The van der Waals surface area contributed by atoms with Crippen LogP contribution in [0.25, 0.3) is 0 Å². The fraction of sp³-hybridized carbons (Fsp3) is 0.625. The van der Waals surface area contributed by atoms with E-state index >= 15 is 0 Å². The molecule has 0 spiro atoms. The lowest BCUT2D eigenvalue weighted by Gasteiger charge is -2.24. The topological polar surface area (TPSA) is 30.5 Å². The van der Waals surface area contributed by atoms with Gasteiger partial charge >= 0.3 is 0 Å². The second-order valence-corrected chi connectivity index (χ2v) is 6.60. The van der Waals surface area contributed by atoms with Crippen molar-refractivity contribution in [3.63, 3.8) is 0 Å². The van der Waals surface area contributed by atoms with Crippen LogP contribution in [-0.2, 0) is 0 Å². The third-order valence-electron chi connectivity index (χ3n) is 3.06. The van der Waals surface area contributed by atoms with Crippen LogP contribution in [0.5, 0.6) is 11.5 Å². The summed E-state index contributed by atoms with van der Waals surface area (Å²) in [6.45, 7) is 10.6. The van der Waals surface area contributed by atoms with Crippen LogP contribution in [0.4, 0.5) is 0 Å². The molecule has 1 atom stereocenters. The van der Waals surface area contributed by atoms with Gasteiger partial charge in [0.2, 0.25) is 0 Å². The van der Waals surface area contributed by atoms with Gasteiger partial charge in [-0.15, -0.1) is 0 Å². The summed E-state index contributed by atoms with van der Waals surface area (Å²) in [5.74, 6) is 2.78. The van der Waals surface area contributed by atoms with Gasteiger partial charge in [0.15, 0.2) is 0 Å². The van der Waals surface area contributed by atoms with Crippen molar-refractivity contribution in [3.8, 4) is 11.5 Å². The Morgan fingerprint density at radius 1 is 1.15 bits per heavy atom. The Hall–Kier alpha value is -0.740. The summed E-state index contributed by atoms with van der Waals surface area (Å²) in [7, 11) is 1.66. The zero-order chi connectivity index (χ0) is 15.1. The molecule has 3 nitrogen and oxygen atoms in total. The highest BCUT2D eigenvalue weighted by atomic mass is 79.9. The number of ether oxygens (including phenoxy) is 2. The van der Waals surface area contributed by atoms with Crippen LogP contribution >= 0.6 is 15.9 Å². The van der Waals surface area contributed by atoms with E-state index in [1.165, 1.54) is 0 Å². The monoisotopic (exact) mass is 343 g/mol. The summed E-state index contributed by atoms with van der Waals surface area (Å²) in [6.07, 6.45) is 0.151. The highest BCUT2D eigenvalue weighted by molar-refractivity contribution is 9.10. The van der Waals surface area contributed by atoms with Crippen LogP contribution in [-0.4, -0.2) is 26.3 Å². The largest absolute Gasteiger partial charge is 0.497 e. The second kappa shape index (κ2) is 8.53. The Kier molecular flexibility index (Phi) is 7.38. The minimum atomic E-state index is 0.151. The minimum Gasteiger partial charge on any atom is -0.497 e. The molecule has 0 bridgehead atoms. The molecule has 0 fully saturated rings. The SMILES string of the molecule is COc1ccc(OC(CNCC(C)C)C(C)C)c(Br)c1. The van der Waals surface area contributed by atoms with Crippen molar-refractivity contribution in [2.45, 2.75) is 33.8 Å². The molecule has 0 aliphatic carbocycles. The molecule has 1 N–H and O–H groups in total. The summed E-state index contributed by atoms with van der Waals surface area (Å²) >= 11 is 3.53. The van der Waals surface area contributed by atoms with Crippen molar-refractivity contribution >= 4 is 15.9 Å². The molecule has 1 unspecified atom stereocenters. The van der Waals surface area contributed by atoms with Gasteiger partial charge in [0.1, 0.15) is 17.6 Å². The molecule has 114 valence electrons. The first-order valence-corrected chi connectivity index (χ1v) is 7.94. The fourth-order valence-electron chi connectivity index (χ4n) is 1.79. The van der Waals surface area contributed by atoms with E-state index in [0.717, 1.165) is 29.1 Å². The van der Waals surface area contributed by atoms with E-state index in [4.69, 9.17) is 9.47 Å². The second-order valence-electron chi connectivity index (χ2n) is 5.75. The van der Waals surface area contributed by atoms with Gasteiger partial charge in [0.25, 0.3) is 0 Å². The predicted octanol–water partition coefficient (Wildman–Crippen LogP) is 4.11. The fourth-order valence-corrected chi connectivity index (χ4v) is 2.25. The Morgan fingerprint density at radius 2 is 1.85 bits per heavy atom. The van der Waals surface area contributed by atoms with E-state index in [2.05, 4.69) is 48.9 Å². The van der Waals surface area contributed by atoms with Crippen LogP contribution in [0.1, 0.15) is 27.7 Å². The summed E-state index contributed by atoms with van der Waals surface area (Å²) in [5.41, 5.74) is 0. The molecule has 0 aliphatic rings. The molecule has 0 aliphatic heterocycles. The molecule has 0 heterocycles. The average Bonchev–Trinajstić information content (AvgIpc) is 2.38. The molecular formula is C16H26BrNO2. The summed E-state index contributed by atoms with van der Waals surface area (Å²) in [5, 5.41) is 3.46. The van der Waals surface area contributed by atoms with Crippen molar-refractivity contribution in [1.82, 2.24) is 5.32 Å². The predicted molar refractivity (Wildman–Crippen MR) is 87.7 cm³/mol. The maximum atomic E-state index is 6.12. The van der Waals surface area contributed by atoms with Crippen LogP contribution in [0.2, 0.25) is 0 Å². The van der Waals surface area contributed by atoms with Gasteiger partial charge in [-0.05, 0) is 52.5 Å². The number of hydrogen-bond donors (Lipinski definition) is 1. The third kappa shape index (κ3) is 5.71.